The van der Waals surface area contributed by atoms with Crippen LogP contribution in [-0.2, 0) is 4.79 Å². The van der Waals surface area contributed by atoms with E-state index >= 15 is 0 Å². The van der Waals surface area contributed by atoms with Gasteiger partial charge in [0, 0.05) is 11.6 Å². The minimum absolute atomic E-state index is 0.210. The Balaban J connectivity index is 2.13. The molecule has 1 aromatic carbocycles. The van der Waals surface area contributed by atoms with E-state index < -0.39 is 11.9 Å². The van der Waals surface area contributed by atoms with Crippen LogP contribution in [0.4, 0.5) is 0 Å². The van der Waals surface area contributed by atoms with E-state index in [4.69, 9.17) is 4.74 Å². The van der Waals surface area contributed by atoms with E-state index in [0.717, 1.165) is 31.2 Å². The Kier molecular flexibility index (Phi) is 5.41. The lowest BCUT2D eigenvalue weighted by atomic mass is 9.94. The van der Waals surface area contributed by atoms with Crippen LogP contribution >= 0.6 is 0 Å². The lowest BCUT2D eigenvalue weighted by Gasteiger charge is -2.23. The van der Waals surface area contributed by atoms with Crippen molar-refractivity contribution in [1.29, 1.82) is 0 Å². The highest BCUT2D eigenvalue weighted by Gasteiger charge is 2.31. The van der Waals surface area contributed by atoms with E-state index in [0.29, 0.717) is 17.7 Å². The van der Waals surface area contributed by atoms with Crippen LogP contribution in [0.2, 0.25) is 0 Å². The van der Waals surface area contributed by atoms with Crippen LogP contribution in [0.25, 0.3) is 0 Å². The fraction of sp³-hybridized carbons (Fsp3) is 0.529. The van der Waals surface area contributed by atoms with Gasteiger partial charge < -0.3 is 15.2 Å². The molecule has 0 saturated heterocycles. The summed E-state index contributed by atoms with van der Waals surface area (Å²) in [5.74, 6) is -0.825. The molecule has 2 rings (SSSR count). The van der Waals surface area contributed by atoms with Crippen molar-refractivity contribution in [2.75, 3.05) is 7.11 Å². The molecule has 0 heterocycles. The van der Waals surface area contributed by atoms with Crippen molar-refractivity contribution >= 4 is 11.9 Å². The zero-order valence-corrected chi connectivity index (χ0v) is 13.1. The number of methoxy groups -OCH3 is 1. The first-order valence-corrected chi connectivity index (χ1v) is 7.71. The Morgan fingerprint density at radius 2 is 1.95 bits per heavy atom. The predicted octanol–water partition coefficient (Wildman–Crippen LogP) is 2.77. The lowest BCUT2D eigenvalue weighted by Crippen LogP contribution is -2.43. The Morgan fingerprint density at radius 3 is 2.59 bits per heavy atom. The molecule has 0 unspecified atom stereocenters. The molecule has 1 fully saturated rings. The molecular weight excluding hydrogens is 282 g/mol. The Bertz CT molecular complexity index is 556. The van der Waals surface area contributed by atoms with Crippen LogP contribution in [0, 0.1) is 12.8 Å². The third kappa shape index (κ3) is 3.78. The van der Waals surface area contributed by atoms with Crippen LogP contribution in [-0.4, -0.2) is 30.1 Å². The molecule has 2 atom stereocenters. The van der Waals surface area contributed by atoms with Gasteiger partial charge in [-0.25, -0.2) is 0 Å². The van der Waals surface area contributed by atoms with E-state index in [1.165, 1.54) is 0 Å². The minimum Gasteiger partial charge on any atom is -0.497 e. The second-order valence-corrected chi connectivity index (χ2v) is 5.84. The molecule has 1 aliphatic rings. The summed E-state index contributed by atoms with van der Waals surface area (Å²) in [5, 5.41) is 12.3. The maximum atomic E-state index is 12.5. The number of carbonyl (C=O) groups is 2. The SMILES string of the molecule is COc1ccc(C(=O)N[C@H]2CCCCC[C@H]2C(=O)O)c(C)c1. The van der Waals surface area contributed by atoms with Crippen molar-refractivity contribution in [3.8, 4) is 5.75 Å². The van der Waals surface area contributed by atoms with Gasteiger partial charge in [0.15, 0.2) is 0 Å². The molecular formula is C17H23NO4. The number of aliphatic carboxylic acids is 1. The highest BCUT2D eigenvalue weighted by molar-refractivity contribution is 5.96. The summed E-state index contributed by atoms with van der Waals surface area (Å²) < 4.78 is 5.14. The summed E-state index contributed by atoms with van der Waals surface area (Å²) >= 11 is 0. The Hall–Kier alpha value is -2.04. The first-order valence-electron chi connectivity index (χ1n) is 7.71. The highest BCUT2D eigenvalue weighted by Crippen LogP contribution is 2.25. The number of aryl methyl sites for hydroxylation is 1. The van der Waals surface area contributed by atoms with Gasteiger partial charge in [-0.3, -0.25) is 9.59 Å². The molecule has 0 spiro atoms. The summed E-state index contributed by atoms with van der Waals surface area (Å²) in [6.45, 7) is 1.85. The summed E-state index contributed by atoms with van der Waals surface area (Å²) in [6, 6.07) is 4.96. The number of benzene rings is 1. The predicted molar refractivity (Wildman–Crippen MR) is 83.2 cm³/mol. The number of ether oxygens (including phenoxy) is 1. The molecule has 1 saturated carbocycles. The maximum absolute atomic E-state index is 12.5. The number of carboxylic acids is 1. The van der Waals surface area contributed by atoms with Gasteiger partial charge >= 0.3 is 5.97 Å². The molecule has 5 heteroatoms. The number of hydrogen-bond acceptors (Lipinski definition) is 3. The van der Waals surface area contributed by atoms with Gasteiger partial charge in [-0.05, 0) is 43.5 Å². The summed E-state index contributed by atoms with van der Waals surface area (Å²) in [6.07, 6.45) is 4.23. The fourth-order valence-electron chi connectivity index (χ4n) is 3.04. The molecule has 0 aliphatic heterocycles. The average molecular weight is 305 g/mol. The van der Waals surface area contributed by atoms with Gasteiger partial charge in [0.25, 0.3) is 5.91 Å². The smallest absolute Gasteiger partial charge is 0.308 e. The molecule has 2 N–H and O–H groups in total. The quantitative estimate of drug-likeness (QED) is 0.839. The molecule has 0 aromatic heterocycles. The zero-order valence-electron chi connectivity index (χ0n) is 13.1. The molecule has 0 bridgehead atoms. The Labute approximate surface area is 130 Å². The van der Waals surface area contributed by atoms with Crippen molar-refractivity contribution < 1.29 is 19.4 Å². The number of nitrogens with one attached hydrogen (secondary N) is 1. The molecule has 120 valence electrons. The summed E-state index contributed by atoms with van der Waals surface area (Å²) in [4.78, 5) is 23.9. The highest BCUT2D eigenvalue weighted by atomic mass is 16.5. The van der Waals surface area contributed by atoms with E-state index in [1.54, 1.807) is 25.3 Å². The minimum atomic E-state index is -0.821. The molecule has 22 heavy (non-hydrogen) atoms. The molecule has 0 radical (unpaired) electrons. The molecule has 1 amide bonds. The van der Waals surface area contributed by atoms with Gasteiger partial charge in [0.2, 0.25) is 0 Å². The third-order valence-corrected chi connectivity index (χ3v) is 4.33. The second kappa shape index (κ2) is 7.29. The number of carboxylic acid groups (broad SMARTS) is 1. The first-order chi connectivity index (χ1) is 10.5. The normalized spacial score (nSPS) is 21.7. The summed E-state index contributed by atoms with van der Waals surface area (Å²) in [5.41, 5.74) is 1.38. The van der Waals surface area contributed by atoms with Crippen molar-refractivity contribution in [2.24, 2.45) is 5.92 Å². The van der Waals surface area contributed by atoms with Crippen LogP contribution in [0.1, 0.15) is 48.0 Å². The van der Waals surface area contributed by atoms with Crippen molar-refractivity contribution in [3.63, 3.8) is 0 Å². The third-order valence-electron chi connectivity index (χ3n) is 4.33. The van der Waals surface area contributed by atoms with Gasteiger partial charge in [0.05, 0.1) is 13.0 Å². The number of rotatable bonds is 4. The monoisotopic (exact) mass is 305 g/mol. The number of carbonyl (C=O) groups excluding carboxylic acids is 1. The molecule has 5 nitrogen and oxygen atoms in total. The lowest BCUT2D eigenvalue weighted by molar-refractivity contribution is -0.142. The van der Waals surface area contributed by atoms with E-state index in [1.807, 2.05) is 6.92 Å². The number of amides is 1. The topological polar surface area (TPSA) is 75.6 Å². The van der Waals surface area contributed by atoms with E-state index in [2.05, 4.69) is 5.32 Å². The van der Waals surface area contributed by atoms with Gasteiger partial charge in [-0.2, -0.15) is 0 Å². The van der Waals surface area contributed by atoms with Gasteiger partial charge in [0.1, 0.15) is 5.75 Å². The van der Waals surface area contributed by atoms with Crippen LogP contribution in [0.15, 0.2) is 18.2 Å². The van der Waals surface area contributed by atoms with Crippen LogP contribution in [0.5, 0.6) is 5.75 Å². The Morgan fingerprint density at radius 1 is 1.23 bits per heavy atom. The zero-order chi connectivity index (χ0) is 16.1. The van der Waals surface area contributed by atoms with E-state index in [-0.39, 0.29) is 11.9 Å². The van der Waals surface area contributed by atoms with E-state index in [9.17, 15) is 14.7 Å². The average Bonchev–Trinajstić information content (AvgIpc) is 2.72. The number of hydrogen-bond donors (Lipinski definition) is 2. The summed E-state index contributed by atoms with van der Waals surface area (Å²) in [7, 11) is 1.58. The molecule has 1 aliphatic carbocycles. The van der Waals surface area contributed by atoms with Crippen molar-refractivity contribution in [3.05, 3.63) is 29.3 Å². The standard InChI is InChI=1S/C17H23NO4/c1-11-10-12(22-2)8-9-13(11)16(19)18-15-7-5-3-4-6-14(15)17(20)21/h8-10,14-15H,3-7H2,1-2H3,(H,18,19)(H,20,21)/t14-,15+/m1/s1. The fourth-order valence-corrected chi connectivity index (χ4v) is 3.04. The van der Waals surface area contributed by atoms with Crippen LogP contribution < -0.4 is 10.1 Å². The largest absolute Gasteiger partial charge is 0.497 e. The van der Waals surface area contributed by atoms with Crippen molar-refractivity contribution in [2.45, 2.75) is 45.1 Å². The molecule has 1 aromatic rings. The second-order valence-electron chi connectivity index (χ2n) is 5.84. The van der Waals surface area contributed by atoms with Crippen LogP contribution in [0.3, 0.4) is 0 Å². The first kappa shape index (κ1) is 16.3. The van der Waals surface area contributed by atoms with Crippen molar-refractivity contribution in [1.82, 2.24) is 5.32 Å². The van der Waals surface area contributed by atoms with Gasteiger partial charge in [-0.15, -0.1) is 0 Å². The van der Waals surface area contributed by atoms with Gasteiger partial charge in [-0.1, -0.05) is 19.3 Å². The maximum Gasteiger partial charge on any atom is 0.308 e.